The van der Waals surface area contributed by atoms with Gasteiger partial charge in [-0.3, -0.25) is 0 Å². The molecule has 1 aromatic carbocycles. The molecule has 98 valence electrons. The van der Waals surface area contributed by atoms with Gasteiger partial charge in [0.25, 0.3) is 0 Å². The molecule has 0 bridgehead atoms. The predicted octanol–water partition coefficient (Wildman–Crippen LogP) is 2.26. The Labute approximate surface area is 108 Å². The van der Waals surface area contributed by atoms with Crippen molar-refractivity contribution in [2.45, 2.75) is 13.3 Å². The lowest BCUT2D eigenvalue weighted by molar-refractivity contribution is 0.151. The molecule has 1 aliphatic rings. The zero-order chi connectivity index (χ0) is 12.8. The molecule has 2 rings (SSSR count). The molecule has 0 aromatic heterocycles. The minimum absolute atomic E-state index is 0.310. The average Bonchev–Trinajstić information content (AvgIpc) is 2.87. The summed E-state index contributed by atoms with van der Waals surface area (Å²) in [6.07, 6.45) is 0.803. The van der Waals surface area contributed by atoms with Gasteiger partial charge >= 0.3 is 6.09 Å². The largest absolute Gasteiger partial charge is 0.450 e. The van der Waals surface area contributed by atoms with Crippen LogP contribution in [0.15, 0.2) is 30.3 Å². The van der Waals surface area contributed by atoms with Crippen LogP contribution in [-0.4, -0.2) is 32.3 Å². The summed E-state index contributed by atoms with van der Waals surface area (Å²) in [7, 11) is 0. The average molecular weight is 248 g/mol. The first kappa shape index (κ1) is 12.7. The molecule has 1 fully saturated rings. The normalized spacial score (nSPS) is 18.7. The van der Waals surface area contributed by atoms with E-state index in [1.165, 1.54) is 5.69 Å². The molecule has 1 aliphatic heterocycles. The van der Waals surface area contributed by atoms with Gasteiger partial charge in [-0.05, 0) is 31.4 Å². The van der Waals surface area contributed by atoms with Gasteiger partial charge in [0.05, 0.1) is 6.61 Å². The number of nitrogens with one attached hydrogen (secondary N) is 1. The van der Waals surface area contributed by atoms with Crippen molar-refractivity contribution in [3.8, 4) is 0 Å². The van der Waals surface area contributed by atoms with E-state index in [4.69, 9.17) is 4.74 Å². The number of hydrogen-bond acceptors (Lipinski definition) is 3. The minimum atomic E-state index is -0.310. The van der Waals surface area contributed by atoms with Crippen molar-refractivity contribution in [3.63, 3.8) is 0 Å². The second-order valence-corrected chi connectivity index (χ2v) is 4.54. The zero-order valence-corrected chi connectivity index (χ0v) is 10.8. The molecular formula is C14H20N2O2. The number of anilines is 1. The molecule has 4 heteroatoms. The van der Waals surface area contributed by atoms with Gasteiger partial charge in [-0.2, -0.15) is 0 Å². The maximum absolute atomic E-state index is 11.2. The van der Waals surface area contributed by atoms with Crippen LogP contribution in [-0.2, 0) is 4.74 Å². The van der Waals surface area contributed by atoms with Crippen molar-refractivity contribution < 1.29 is 9.53 Å². The molecule has 0 spiro atoms. The van der Waals surface area contributed by atoms with Crippen molar-refractivity contribution in [2.24, 2.45) is 5.92 Å². The highest BCUT2D eigenvalue weighted by molar-refractivity contribution is 5.67. The van der Waals surface area contributed by atoms with E-state index >= 15 is 0 Å². The van der Waals surface area contributed by atoms with Crippen molar-refractivity contribution in [1.29, 1.82) is 0 Å². The zero-order valence-electron chi connectivity index (χ0n) is 10.8. The maximum Gasteiger partial charge on any atom is 0.407 e. The number of benzene rings is 1. The molecule has 0 aliphatic carbocycles. The van der Waals surface area contributed by atoms with E-state index in [1.807, 2.05) is 13.0 Å². The van der Waals surface area contributed by atoms with Crippen molar-refractivity contribution in [3.05, 3.63) is 30.3 Å². The van der Waals surface area contributed by atoms with Crippen LogP contribution < -0.4 is 10.2 Å². The van der Waals surface area contributed by atoms with E-state index < -0.39 is 0 Å². The van der Waals surface area contributed by atoms with Crippen LogP contribution in [0.25, 0.3) is 0 Å². The highest BCUT2D eigenvalue weighted by atomic mass is 16.5. The molecule has 1 N–H and O–H groups in total. The fourth-order valence-corrected chi connectivity index (χ4v) is 2.28. The van der Waals surface area contributed by atoms with Crippen LogP contribution in [0.3, 0.4) is 0 Å². The number of hydrogen-bond donors (Lipinski definition) is 1. The number of rotatable bonds is 4. The first-order valence-electron chi connectivity index (χ1n) is 6.50. The van der Waals surface area contributed by atoms with Gasteiger partial charge in [-0.25, -0.2) is 4.79 Å². The molecule has 1 amide bonds. The fraction of sp³-hybridized carbons (Fsp3) is 0.500. The Morgan fingerprint density at radius 2 is 2.22 bits per heavy atom. The van der Waals surface area contributed by atoms with E-state index in [9.17, 15) is 4.79 Å². The van der Waals surface area contributed by atoms with Gasteiger partial charge in [-0.1, -0.05) is 18.2 Å². The van der Waals surface area contributed by atoms with E-state index in [1.54, 1.807) is 0 Å². The monoisotopic (exact) mass is 248 g/mol. The molecular weight excluding hydrogens is 228 g/mol. The Balaban J connectivity index is 1.77. The number of amides is 1. The lowest BCUT2D eigenvalue weighted by Crippen LogP contribution is -2.31. The quantitative estimate of drug-likeness (QED) is 0.888. The first-order chi connectivity index (χ1) is 8.79. The minimum Gasteiger partial charge on any atom is -0.450 e. The van der Waals surface area contributed by atoms with Crippen LogP contribution in [0.1, 0.15) is 13.3 Å². The van der Waals surface area contributed by atoms with Gasteiger partial charge in [0.15, 0.2) is 0 Å². The summed E-state index contributed by atoms with van der Waals surface area (Å²) in [4.78, 5) is 13.6. The lowest BCUT2D eigenvalue weighted by atomic mass is 10.1. The van der Waals surface area contributed by atoms with Gasteiger partial charge in [-0.15, -0.1) is 0 Å². The van der Waals surface area contributed by atoms with E-state index in [-0.39, 0.29) is 6.09 Å². The predicted molar refractivity (Wildman–Crippen MR) is 71.8 cm³/mol. The highest BCUT2D eigenvalue weighted by Gasteiger charge is 2.22. The molecule has 0 saturated carbocycles. The van der Waals surface area contributed by atoms with Crippen molar-refractivity contribution in [2.75, 3.05) is 31.1 Å². The van der Waals surface area contributed by atoms with E-state index in [0.717, 1.165) is 19.5 Å². The third kappa shape index (κ3) is 3.39. The molecule has 18 heavy (non-hydrogen) atoms. The number of nitrogens with zero attached hydrogens (tertiary/aromatic N) is 1. The Bertz CT molecular complexity index is 381. The molecule has 1 atom stereocenters. The first-order valence-corrected chi connectivity index (χ1v) is 6.50. The second kappa shape index (κ2) is 6.28. The van der Waals surface area contributed by atoms with Gasteiger partial charge in [0.1, 0.15) is 0 Å². The third-order valence-corrected chi connectivity index (χ3v) is 3.22. The Hall–Kier alpha value is -1.71. The SMILES string of the molecule is CCOC(=O)NCC1CCN(c2ccccc2)C1. The fourth-order valence-electron chi connectivity index (χ4n) is 2.28. The van der Waals surface area contributed by atoms with Crippen molar-refractivity contribution in [1.82, 2.24) is 5.32 Å². The number of carbonyl (C=O) groups is 1. The third-order valence-electron chi connectivity index (χ3n) is 3.22. The van der Waals surface area contributed by atoms with Gasteiger partial charge in [0, 0.05) is 25.3 Å². The van der Waals surface area contributed by atoms with E-state index in [2.05, 4.69) is 34.5 Å². The lowest BCUT2D eigenvalue weighted by Gasteiger charge is -2.18. The summed E-state index contributed by atoms with van der Waals surface area (Å²) in [6, 6.07) is 10.4. The second-order valence-electron chi connectivity index (χ2n) is 4.54. The molecule has 4 nitrogen and oxygen atoms in total. The van der Waals surface area contributed by atoms with Crippen LogP contribution in [0.5, 0.6) is 0 Å². The molecule has 1 heterocycles. The molecule has 1 aromatic rings. The van der Waals surface area contributed by atoms with Crippen molar-refractivity contribution >= 4 is 11.8 Å². The Morgan fingerprint density at radius 1 is 1.44 bits per heavy atom. The maximum atomic E-state index is 11.2. The number of para-hydroxylation sites is 1. The summed E-state index contributed by atoms with van der Waals surface area (Å²) in [6.45, 7) is 4.98. The van der Waals surface area contributed by atoms with E-state index in [0.29, 0.717) is 19.1 Å². The summed E-state index contributed by atoms with van der Waals surface area (Å²) in [5.41, 5.74) is 1.26. The van der Waals surface area contributed by atoms with Crippen LogP contribution in [0.4, 0.5) is 10.5 Å². The topological polar surface area (TPSA) is 41.6 Å². The standard InChI is InChI=1S/C14H20N2O2/c1-2-18-14(17)15-10-12-8-9-16(11-12)13-6-4-3-5-7-13/h3-7,12H,2,8-11H2,1H3,(H,15,17). The molecule has 0 radical (unpaired) electrons. The molecule has 1 saturated heterocycles. The van der Waals surface area contributed by atoms with Crippen LogP contribution in [0.2, 0.25) is 0 Å². The summed E-state index contributed by atoms with van der Waals surface area (Å²) >= 11 is 0. The summed E-state index contributed by atoms with van der Waals surface area (Å²) < 4.78 is 4.85. The van der Waals surface area contributed by atoms with Gasteiger partial charge < -0.3 is 15.0 Å². The van der Waals surface area contributed by atoms with Gasteiger partial charge in [0.2, 0.25) is 0 Å². The number of carbonyl (C=O) groups excluding carboxylic acids is 1. The summed E-state index contributed by atoms with van der Waals surface area (Å²) in [5.74, 6) is 0.509. The smallest absolute Gasteiger partial charge is 0.407 e. The number of alkyl carbamates (subject to hydrolysis) is 1. The van der Waals surface area contributed by atoms with Crippen LogP contribution >= 0.6 is 0 Å². The Morgan fingerprint density at radius 3 is 2.94 bits per heavy atom. The highest BCUT2D eigenvalue weighted by Crippen LogP contribution is 2.22. The summed E-state index contributed by atoms with van der Waals surface area (Å²) in [5, 5.41) is 2.81. The molecule has 1 unspecified atom stereocenters. The van der Waals surface area contributed by atoms with Crippen LogP contribution in [0, 0.1) is 5.92 Å². The number of ether oxygens (including phenoxy) is 1. The Kier molecular flexibility index (Phi) is 4.45.